The van der Waals surface area contributed by atoms with E-state index in [0.29, 0.717) is 29.8 Å². The molecule has 1 atom stereocenters. The number of nitrogens with zero attached hydrogens (tertiary/aromatic N) is 3. The van der Waals surface area contributed by atoms with E-state index in [2.05, 4.69) is 9.97 Å². The number of likely N-dealkylation sites (tertiary alicyclic amines) is 1. The molecule has 0 unspecified atom stereocenters. The van der Waals surface area contributed by atoms with E-state index in [1.54, 1.807) is 17.3 Å². The Labute approximate surface area is 140 Å². The van der Waals surface area contributed by atoms with Gasteiger partial charge in [-0.1, -0.05) is 0 Å². The topological polar surface area (TPSA) is 72.4 Å². The molecule has 1 saturated heterocycles. The summed E-state index contributed by atoms with van der Waals surface area (Å²) in [7, 11) is -1.14. The number of rotatable bonds is 3. The summed E-state index contributed by atoms with van der Waals surface area (Å²) >= 11 is 0. The largest absolute Gasteiger partial charge is 0.444 e. The average Bonchev–Trinajstić information content (AvgIpc) is 2.46. The predicted octanol–water partition coefficient (Wildman–Crippen LogP) is 2.54. The number of ether oxygens (including phenoxy) is 1. The molecule has 128 valence electrons. The van der Waals surface area contributed by atoms with Gasteiger partial charge in [-0.05, 0) is 46.5 Å². The van der Waals surface area contributed by atoms with Gasteiger partial charge < -0.3 is 9.64 Å². The lowest BCUT2D eigenvalue weighted by atomic mass is 9.99. The molecule has 1 fully saturated rings. The molecule has 1 aromatic rings. The van der Waals surface area contributed by atoms with Crippen LogP contribution in [0, 0.1) is 12.8 Å². The zero-order valence-electron chi connectivity index (χ0n) is 14.2. The Kier molecular flexibility index (Phi) is 5.73. The van der Waals surface area contributed by atoms with Crippen LogP contribution < -0.4 is 0 Å². The zero-order valence-corrected chi connectivity index (χ0v) is 15.1. The number of piperidine rings is 1. The maximum atomic E-state index is 12.4. The van der Waals surface area contributed by atoms with Crippen LogP contribution in [0.25, 0.3) is 0 Å². The number of hydrogen-bond donors (Lipinski definition) is 0. The van der Waals surface area contributed by atoms with Crippen LogP contribution in [-0.2, 0) is 15.5 Å². The Bertz CT molecular complexity index is 578. The lowest BCUT2D eigenvalue weighted by Gasteiger charge is -2.33. The van der Waals surface area contributed by atoms with Crippen molar-refractivity contribution in [2.75, 3.05) is 18.8 Å². The number of aryl methyl sites for hydroxylation is 1. The number of hydrogen-bond acceptors (Lipinski definition) is 5. The smallest absolute Gasteiger partial charge is 0.410 e. The summed E-state index contributed by atoms with van der Waals surface area (Å²) in [4.78, 5) is 22.1. The van der Waals surface area contributed by atoms with Gasteiger partial charge in [-0.3, -0.25) is 9.19 Å². The van der Waals surface area contributed by atoms with Crippen molar-refractivity contribution in [2.24, 2.45) is 5.92 Å². The quantitative estimate of drug-likeness (QED) is 0.846. The van der Waals surface area contributed by atoms with E-state index in [0.717, 1.165) is 18.5 Å². The van der Waals surface area contributed by atoms with Crippen LogP contribution in [0.3, 0.4) is 0 Å². The molecule has 23 heavy (non-hydrogen) atoms. The lowest BCUT2D eigenvalue weighted by Crippen LogP contribution is -2.42. The first-order valence-corrected chi connectivity index (χ1v) is 9.22. The fourth-order valence-electron chi connectivity index (χ4n) is 2.52. The number of aromatic nitrogens is 2. The average molecular weight is 339 g/mol. The maximum Gasteiger partial charge on any atom is 0.410 e. The van der Waals surface area contributed by atoms with Gasteiger partial charge in [0.15, 0.2) is 0 Å². The summed E-state index contributed by atoms with van der Waals surface area (Å²) in [5.74, 6) is 0.901. The first-order chi connectivity index (χ1) is 10.8. The molecule has 1 amide bonds. The van der Waals surface area contributed by atoms with Crippen molar-refractivity contribution in [3.8, 4) is 0 Å². The third kappa shape index (κ3) is 5.27. The molecular formula is C16H25N3O3S. The second-order valence-corrected chi connectivity index (χ2v) is 8.28. The summed E-state index contributed by atoms with van der Waals surface area (Å²) in [6, 6.07) is 0. The van der Waals surface area contributed by atoms with E-state index in [4.69, 9.17) is 4.74 Å². The van der Waals surface area contributed by atoms with Crippen LogP contribution in [0.5, 0.6) is 0 Å². The van der Waals surface area contributed by atoms with Gasteiger partial charge in [0.1, 0.15) is 10.6 Å². The Balaban J connectivity index is 1.84. The van der Waals surface area contributed by atoms with Crippen LogP contribution in [0.4, 0.5) is 4.79 Å². The summed E-state index contributed by atoms with van der Waals surface area (Å²) in [6.45, 7) is 8.72. The molecule has 2 rings (SSSR count). The zero-order chi connectivity index (χ0) is 17.0. The van der Waals surface area contributed by atoms with Gasteiger partial charge in [-0.2, -0.15) is 0 Å². The van der Waals surface area contributed by atoms with Crippen molar-refractivity contribution in [1.29, 1.82) is 0 Å². The van der Waals surface area contributed by atoms with Gasteiger partial charge in [-0.15, -0.1) is 0 Å². The highest BCUT2D eigenvalue weighted by Gasteiger charge is 2.28. The van der Waals surface area contributed by atoms with E-state index in [-0.39, 0.29) is 6.09 Å². The number of amides is 1. The number of carbonyl (C=O) groups excluding carboxylic acids is 1. The third-order valence-corrected chi connectivity index (χ3v) is 5.31. The predicted molar refractivity (Wildman–Crippen MR) is 88.6 cm³/mol. The lowest BCUT2D eigenvalue weighted by molar-refractivity contribution is 0.0191. The Morgan fingerprint density at radius 1 is 1.30 bits per heavy atom. The van der Waals surface area contributed by atoms with Crippen molar-refractivity contribution in [3.63, 3.8) is 0 Å². The first kappa shape index (κ1) is 17.8. The van der Waals surface area contributed by atoms with Gasteiger partial charge in [-0.25, -0.2) is 9.78 Å². The molecule has 1 aromatic heterocycles. The molecule has 0 saturated carbocycles. The van der Waals surface area contributed by atoms with E-state index >= 15 is 0 Å². The normalized spacial score (nSPS) is 17.8. The standard InChI is InChI=1S/C16H25N3O3S/c1-12-14(18-8-7-17-12)23(21)11-13-5-9-19(10-6-13)15(20)22-16(2,3)4/h7-8,13H,5-6,9-11H2,1-4H3/t23-/m1/s1. The highest BCUT2D eigenvalue weighted by Crippen LogP contribution is 2.22. The van der Waals surface area contributed by atoms with E-state index in [9.17, 15) is 9.00 Å². The van der Waals surface area contributed by atoms with Crippen molar-refractivity contribution >= 4 is 16.9 Å². The van der Waals surface area contributed by atoms with Crippen molar-refractivity contribution < 1.29 is 13.7 Å². The molecule has 2 heterocycles. The summed E-state index contributed by atoms with van der Waals surface area (Å²) in [5.41, 5.74) is 0.246. The Morgan fingerprint density at radius 2 is 1.91 bits per heavy atom. The number of carbonyl (C=O) groups is 1. The second kappa shape index (κ2) is 7.38. The van der Waals surface area contributed by atoms with Crippen LogP contribution in [0.15, 0.2) is 17.4 Å². The van der Waals surface area contributed by atoms with E-state index in [1.807, 2.05) is 27.7 Å². The monoisotopic (exact) mass is 339 g/mol. The van der Waals surface area contributed by atoms with Crippen molar-refractivity contribution in [2.45, 2.75) is 51.2 Å². The molecule has 1 aliphatic heterocycles. The summed E-state index contributed by atoms with van der Waals surface area (Å²) in [5, 5.41) is 0.571. The van der Waals surface area contributed by atoms with Gasteiger partial charge in [0.2, 0.25) is 0 Å². The molecule has 0 N–H and O–H groups in total. The molecule has 1 aliphatic rings. The minimum atomic E-state index is -1.14. The molecule has 0 aliphatic carbocycles. The summed E-state index contributed by atoms with van der Waals surface area (Å²) < 4.78 is 17.8. The Hall–Kier alpha value is -1.50. The van der Waals surface area contributed by atoms with Crippen molar-refractivity contribution in [1.82, 2.24) is 14.9 Å². The highest BCUT2D eigenvalue weighted by atomic mass is 32.2. The SMILES string of the molecule is Cc1nccnc1[S@](=O)CC1CCN(C(=O)OC(C)(C)C)CC1. The van der Waals surface area contributed by atoms with Crippen LogP contribution >= 0.6 is 0 Å². The molecule has 0 radical (unpaired) electrons. The maximum absolute atomic E-state index is 12.4. The highest BCUT2D eigenvalue weighted by molar-refractivity contribution is 7.85. The van der Waals surface area contributed by atoms with Gasteiger partial charge >= 0.3 is 6.09 Å². The third-order valence-electron chi connectivity index (χ3n) is 3.71. The second-order valence-electron chi connectivity index (χ2n) is 6.87. The summed E-state index contributed by atoms with van der Waals surface area (Å²) in [6.07, 6.45) is 4.59. The fourth-order valence-corrected chi connectivity index (χ4v) is 4.00. The fraction of sp³-hybridized carbons (Fsp3) is 0.688. The molecule has 7 heteroatoms. The van der Waals surface area contributed by atoms with Gasteiger partial charge in [0.05, 0.1) is 16.5 Å². The van der Waals surface area contributed by atoms with Crippen LogP contribution in [-0.4, -0.2) is 49.6 Å². The van der Waals surface area contributed by atoms with Crippen molar-refractivity contribution in [3.05, 3.63) is 18.1 Å². The van der Waals surface area contributed by atoms with E-state index in [1.165, 1.54) is 0 Å². The molecule has 6 nitrogen and oxygen atoms in total. The molecular weight excluding hydrogens is 314 g/mol. The molecule has 0 spiro atoms. The van der Waals surface area contributed by atoms with Gasteiger partial charge in [0.25, 0.3) is 0 Å². The van der Waals surface area contributed by atoms with Gasteiger partial charge in [0, 0.05) is 31.2 Å². The van der Waals surface area contributed by atoms with Crippen LogP contribution in [0.2, 0.25) is 0 Å². The van der Waals surface area contributed by atoms with Crippen LogP contribution in [0.1, 0.15) is 39.3 Å². The Morgan fingerprint density at radius 3 is 2.48 bits per heavy atom. The van der Waals surface area contributed by atoms with E-state index < -0.39 is 16.4 Å². The molecule has 0 bridgehead atoms. The minimum absolute atomic E-state index is 0.262. The molecule has 0 aromatic carbocycles. The minimum Gasteiger partial charge on any atom is -0.444 e. The first-order valence-electron chi connectivity index (χ1n) is 7.90.